The summed E-state index contributed by atoms with van der Waals surface area (Å²) in [5, 5.41) is 10.4. The number of hydrogen-bond donors (Lipinski definition) is 0. The highest BCUT2D eigenvalue weighted by Crippen LogP contribution is 2.35. The molecule has 0 aromatic carbocycles. The van der Waals surface area contributed by atoms with Crippen molar-refractivity contribution in [3.05, 3.63) is 35.4 Å². The van der Waals surface area contributed by atoms with Gasteiger partial charge in [-0.1, -0.05) is 40.6 Å². The largest absolute Gasteiger partial charge is 0.758 e. The van der Waals surface area contributed by atoms with Crippen molar-refractivity contribution in [3.63, 3.8) is 0 Å². The standard InChI is InChI=1S/C14H17BrN2/c1-17-13-8-3-2-6-11(13)12(14(17)10-16)7-4-5-9-15/h2-3,6,8,11-12H,4-5,7,9H2,1H3. The van der Waals surface area contributed by atoms with Crippen LogP contribution in [0.25, 0.3) is 5.41 Å². The van der Waals surface area contributed by atoms with Gasteiger partial charge in [-0.15, -0.1) is 0 Å². The third kappa shape index (κ3) is 2.36. The van der Waals surface area contributed by atoms with Crippen molar-refractivity contribution in [2.75, 3.05) is 12.4 Å². The van der Waals surface area contributed by atoms with Gasteiger partial charge < -0.3 is 5.41 Å². The molecule has 3 heteroatoms. The number of alkyl halides is 1. The number of unbranched alkanes of at least 4 members (excludes halogenated alkanes) is 1. The van der Waals surface area contributed by atoms with Crippen molar-refractivity contribution in [2.24, 2.45) is 11.8 Å². The van der Waals surface area contributed by atoms with E-state index < -0.39 is 0 Å². The van der Waals surface area contributed by atoms with E-state index >= 15 is 0 Å². The Kier molecular flexibility index (Phi) is 4.14. The summed E-state index contributed by atoms with van der Waals surface area (Å²) in [6, 6.07) is 0. The molecule has 0 saturated carbocycles. The van der Waals surface area contributed by atoms with Crippen LogP contribution in [0.3, 0.4) is 0 Å². The Morgan fingerprint density at radius 2 is 2.24 bits per heavy atom. The Balaban J connectivity index is 2.20. The van der Waals surface area contributed by atoms with Gasteiger partial charge in [-0.25, -0.2) is 0 Å². The minimum Gasteiger partial charge on any atom is -0.758 e. The first-order valence-corrected chi connectivity index (χ1v) is 7.20. The van der Waals surface area contributed by atoms with E-state index in [2.05, 4.69) is 50.7 Å². The summed E-state index contributed by atoms with van der Waals surface area (Å²) in [4.78, 5) is 0. The lowest BCUT2D eigenvalue weighted by Gasteiger charge is -2.14. The Bertz CT molecular complexity index is 439. The Morgan fingerprint density at radius 1 is 1.41 bits per heavy atom. The molecule has 2 aliphatic rings. The zero-order chi connectivity index (χ0) is 12.3. The van der Waals surface area contributed by atoms with Crippen LogP contribution in [-0.4, -0.2) is 28.5 Å². The second-order valence-electron chi connectivity index (χ2n) is 4.54. The van der Waals surface area contributed by atoms with E-state index in [0.717, 1.165) is 17.4 Å². The molecule has 0 saturated heterocycles. The molecule has 0 N–H and O–H groups in total. The van der Waals surface area contributed by atoms with Gasteiger partial charge in [-0.2, -0.15) is 10.4 Å². The van der Waals surface area contributed by atoms with E-state index in [9.17, 15) is 5.41 Å². The molecule has 0 aromatic heterocycles. The fourth-order valence-corrected chi connectivity index (χ4v) is 3.11. The normalized spacial score (nSPS) is 26.4. The number of halogens is 1. The molecule has 0 radical (unpaired) electrons. The molecule has 0 fully saturated rings. The topological polar surface area (TPSA) is 25.3 Å². The Hall–Kier alpha value is -0.920. The van der Waals surface area contributed by atoms with E-state index in [4.69, 9.17) is 0 Å². The van der Waals surface area contributed by atoms with E-state index in [1.54, 1.807) is 0 Å². The van der Waals surface area contributed by atoms with Crippen molar-refractivity contribution in [2.45, 2.75) is 19.3 Å². The molecule has 0 spiro atoms. The second-order valence-corrected chi connectivity index (χ2v) is 5.33. The Morgan fingerprint density at radius 3 is 2.94 bits per heavy atom. The molecule has 0 aromatic rings. The zero-order valence-electron chi connectivity index (χ0n) is 10.1. The average Bonchev–Trinajstić information content (AvgIpc) is 2.63. The maximum absolute atomic E-state index is 9.31. The van der Waals surface area contributed by atoms with Crippen LogP contribution in [0, 0.1) is 11.8 Å². The van der Waals surface area contributed by atoms with Gasteiger partial charge >= 0.3 is 0 Å². The van der Waals surface area contributed by atoms with Crippen molar-refractivity contribution < 1.29 is 4.58 Å². The van der Waals surface area contributed by atoms with Crippen molar-refractivity contribution in [1.29, 1.82) is 0 Å². The van der Waals surface area contributed by atoms with E-state index in [1.807, 2.05) is 7.05 Å². The number of allylic oxidation sites excluding steroid dienone is 5. The molecule has 17 heavy (non-hydrogen) atoms. The number of rotatable bonds is 4. The van der Waals surface area contributed by atoms with Gasteiger partial charge in [-0.05, 0) is 12.8 Å². The summed E-state index contributed by atoms with van der Waals surface area (Å²) in [6.45, 7) is 0. The lowest BCUT2D eigenvalue weighted by atomic mass is 9.84. The van der Waals surface area contributed by atoms with Gasteiger partial charge in [0.25, 0.3) is 0 Å². The fourth-order valence-electron chi connectivity index (χ4n) is 2.71. The minimum absolute atomic E-state index is 0.375. The van der Waals surface area contributed by atoms with Gasteiger partial charge in [0.15, 0.2) is 5.71 Å². The predicted molar refractivity (Wildman–Crippen MR) is 76.0 cm³/mol. The minimum atomic E-state index is 0.375. The average molecular weight is 293 g/mol. The summed E-state index contributed by atoms with van der Waals surface area (Å²) in [5.41, 5.74) is 2.20. The van der Waals surface area contributed by atoms with Gasteiger partial charge in [0, 0.05) is 11.4 Å². The smallest absolute Gasteiger partial charge is 0.205 e. The number of fused-ring (bicyclic) bond motifs is 1. The molecule has 0 amide bonds. The molecular weight excluding hydrogens is 276 g/mol. The molecule has 1 aliphatic heterocycles. The fraction of sp³-hybridized carbons (Fsp3) is 0.500. The molecule has 2 unspecified atom stereocenters. The summed E-state index contributed by atoms with van der Waals surface area (Å²) >= 11 is 3.46. The summed E-state index contributed by atoms with van der Waals surface area (Å²) < 4.78 is 2.07. The molecule has 2 atom stereocenters. The van der Waals surface area contributed by atoms with Crippen LogP contribution < -0.4 is 0 Å². The summed E-state index contributed by atoms with van der Waals surface area (Å²) in [5.74, 6) is 3.18. The maximum atomic E-state index is 9.31. The van der Waals surface area contributed by atoms with E-state index in [1.165, 1.54) is 18.6 Å². The first-order valence-electron chi connectivity index (χ1n) is 6.08. The van der Waals surface area contributed by atoms with E-state index in [-0.39, 0.29) is 0 Å². The molecule has 0 bridgehead atoms. The van der Waals surface area contributed by atoms with Gasteiger partial charge in [-0.3, -0.25) is 0 Å². The van der Waals surface area contributed by atoms with Crippen LogP contribution >= 0.6 is 15.9 Å². The van der Waals surface area contributed by atoms with E-state index in [0.29, 0.717) is 11.8 Å². The SMILES string of the molecule is C[N+]1=C2C=CC=CC2C(CCCCBr)C1=C=[N-]. The molecule has 1 heterocycles. The molecule has 2 nitrogen and oxygen atoms in total. The van der Waals surface area contributed by atoms with Gasteiger partial charge in [0.1, 0.15) is 7.05 Å². The van der Waals surface area contributed by atoms with Crippen molar-refractivity contribution >= 4 is 27.5 Å². The van der Waals surface area contributed by atoms with Crippen molar-refractivity contribution in [1.82, 2.24) is 0 Å². The first-order chi connectivity index (χ1) is 8.29. The van der Waals surface area contributed by atoms with Crippen LogP contribution in [0.15, 0.2) is 30.0 Å². The molecule has 2 rings (SSSR count). The summed E-state index contributed by atoms with van der Waals surface area (Å²) in [7, 11) is 2.01. The molecule has 90 valence electrons. The highest BCUT2D eigenvalue weighted by molar-refractivity contribution is 9.09. The second kappa shape index (κ2) is 5.61. The molecular formula is C14H17BrN2. The third-order valence-electron chi connectivity index (χ3n) is 3.58. The molecule has 1 aliphatic carbocycles. The van der Waals surface area contributed by atoms with Crippen LogP contribution in [0.4, 0.5) is 0 Å². The lowest BCUT2D eigenvalue weighted by molar-refractivity contribution is -0.439. The maximum Gasteiger partial charge on any atom is 0.205 e. The first kappa shape index (κ1) is 12.5. The van der Waals surface area contributed by atoms with Crippen LogP contribution in [0.1, 0.15) is 19.3 Å². The predicted octanol–water partition coefficient (Wildman–Crippen LogP) is 3.13. The van der Waals surface area contributed by atoms with Crippen LogP contribution in [0.2, 0.25) is 0 Å². The summed E-state index contributed by atoms with van der Waals surface area (Å²) in [6.07, 6.45) is 12.0. The zero-order valence-corrected chi connectivity index (χ0v) is 11.7. The van der Waals surface area contributed by atoms with Crippen molar-refractivity contribution in [3.8, 4) is 0 Å². The van der Waals surface area contributed by atoms with Crippen LogP contribution in [0.5, 0.6) is 0 Å². The van der Waals surface area contributed by atoms with Gasteiger partial charge in [0.2, 0.25) is 5.70 Å². The number of hydrogen-bond acceptors (Lipinski definition) is 0. The highest BCUT2D eigenvalue weighted by Gasteiger charge is 2.41. The number of nitrogens with zero attached hydrogens (tertiary/aromatic N) is 2. The quantitative estimate of drug-likeness (QED) is 0.329. The third-order valence-corrected chi connectivity index (χ3v) is 4.15. The monoisotopic (exact) mass is 292 g/mol. The lowest BCUT2D eigenvalue weighted by Crippen LogP contribution is -2.17. The Labute approximate surface area is 111 Å². The highest BCUT2D eigenvalue weighted by atomic mass is 79.9. The van der Waals surface area contributed by atoms with Crippen LogP contribution in [-0.2, 0) is 0 Å². The van der Waals surface area contributed by atoms with Gasteiger partial charge in [0.05, 0.1) is 11.8 Å².